The molecule has 2 aliphatic rings. The number of ether oxygens (including phenoxy) is 1. The Bertz CT molecular complexity index is 177. The Labute approximate surface area is 66.3 Å². The molecule has 0 bridgehead atoms. The molecule has 0 amide bonds. The summed E-state index contributed by atoms with van der Waals surface area (Å²) in [6.45, 7) is 1.09. The molecule has 2 fully saturated rings. The Balaban J connectivity index is 1.89. The lowest BCUT2D eigenvalue weighted by Crippen LogP contribution is -2.53. The van der Waals surface area contributed by atoms with Gasteiger partial charge in [-0.3, -0.25) is 9.69 Å². The third-order valence-corrected chi connectivity index (χ3v) is 2.55. The van der Waals surface area contributed by atoms with Gasteiger partial charge in [-0.2, -0.15) is 0 Å². The van der Waals surface area contributed by atoms with Crippen LogP contribution in [0.5, 0.6) is 0 Å². The van der Waals surface area contributed by atoms with Gasteiger partial charge in [0.15, 0.2) is 0 Å². The van der Waals surface area contributed by atoms with E-state index in [2.05, 4.69) is 9.64 Å². The number of carbonyl (C=O) groups is 1. The molecule has 0 spiro atoms. The quantitative estimate of drug-likeness (QED) is 0.540. The highest BCUT2D eigenvalue weighted by molar-refractivity contribution is 5.76. The fourth-order valence-corrected chi connectivity index (χ4v) is 1.64. The van der Waals surface area contributed by atoms with Crippen molar-refractivity contribution in [3.8, 4) is 0 Å². The van der Waals surface area contributed by atoms with Crippen LogP contribution in [0.1, 0.15) is 19.3 Å². The minimum absolute atomic E-state index is 0.0526. The summed E-state index contributed by atoms with van der Waals surface area (Å²) in [6.07, 6.45) is 3.53. The number of carbonyl (C=O) groups excluding carboxylic acids is 1. The third-order valence-electron chi connectivity index (χ3n) is 2.55. The first kappa shape index (κ1) is 7.10. The molecule has 1 saturated carbocycles. The average molecular weight is 155 g/mol. The number of nitrogens with zero attached hydrogens (tertiary/aromatic N) is 1. The van der Waals surface area contributed by atoms with E-state index in [1.807, 2.05) is 0 Å². The zero-order valence-corrected chi connectivity index (χ0v) is 6.75. The smallest absolute Gasteiger partial charge is 0.323 e. The van der Waals surface area contributed by atoms with Crippen molar-refractivity contribution in [1.82, 2.24) is 4.90 Å². The van der Waals surface area contributed by atoms with Crippen LogP contribution in [0.25, 0.3) is 0 Å². The Morgan fingerprint density at radius 1 is 1.45 bits per heavy atom. The van der Waals surface area contributed by atoms with E-state index < -0.39 is 0 Å². The third kappa shape index (κ3) is 1.13. The summed E-state index contributed by atoms with van der Waals surface area (Å²) in [6, 6.07) is 0.792. The van der Waals surface area contributed by atoms with Crippen molar-refractivity contribution in [3.63, 3.8) is 0 Å². The maximum absolute atomic E-state index is 11.1. The van der Waals surface area contributed by atoms with E-state index >= 15 is 0 Å². The monoisotopic (exact) mass is 155 g/mol. The van der Waals surface area contributed by atoms with E-state index in [4.69, 9.17) is 0 Å². The SMILES string of the molecule is COC(=O)[C@@H]1CCN1C1CC1. The molecule has 0 unspecified atom stereocenters. The van der Waals surface area contributed by atoms with Crippen LogP contribution < -0.4 is 0 Å². The van der Waals surface area contributed by atoms with Gasteiger partial charge in [0.05, 0.1) is 7.11 Å². The average Bonchev–Trinajstić information content (AvgIpc) is 2.69. The summed E-state index contributed by atoms with van der Waals surface area (Å²) >= 11 is 0. The summed E-state index contributed by atoms with van der Waals surface area (Å²) in [5, 5.41) is 0. The largest absolute Gasteiger partial charge is 0.468 e. The van der Waals surface area contributed by atoms with E-state index in [1.165, 1.54) is 20.0 Å². The van der Waals surface area contributed by atoms with E-state index in [1.54, 1.807) is 0 Å². The molecule has 1 saturated heterocycles. The Hall–Kier alpha value is -0.570. The van der Waals surface area contributed by atoms with Gasteiger partial charge in [0.1, 0.15) is 6.04 Å². The summed E-state index contributed by atoms with van der Waals surface area (Å²) in [5.74, 6) is -0.0526. The first-order valence-electron chi connectivity index (χ1n) is 4.16. The highest BCUT2D eigenvalue weighted by Crippen LogP contribution is 2.34. The fraction of sp³-hybridized carbons (Fsp3) is 0.875. The summed E-state index contributed by atoms with van der Waals surface area (Å²) in [4.78, 5) is 13.3. The molecule has 3 nitrogen and oxygen atoms in total. The van der Waals surface area contributed by atoms with Crippen LogP contribution in [0.3, 0.4) is 0 Å². The summed E-state index contributed by atoms with van der Waals surface area (Å²) in [7, 11) is 1.46. The number of likely N-dealkylation sites (tertiary alicyclic amines) is 1. The molecule has 0 N–H and O–H groups in total. The van der Waals surface area contributed by atoms with Gasteiger partial charge in [-0.1, -0.05) is 0 Å². The van der Waals surface area contributed by atoms with Gasteiger partial charge >= 0.3 is 5.97 Å². The second-order valence-electron chi connectivity index (χ2n) is 3.30. The Kier molecular flexibility index (Phi) is 1.60. The van der Waals surface area contributed by atoms with Gasteiger partial charge in [-0.15, -0.1) is 0 Å². The molecule has 0 aromatic rings. The van der Waals surface area contributed by atoms with Gasteiger partial charge < -0.3 is 4.74 Å². The summed E-state index contributed by atoms with van der Waals surface area (Å²) in [5.41, 5.74) is 0. The Morgan fingerprint density at radius 2 is 2.18 bits per heavy atom. The lowest BCUT2D eigenvalue weighted by atomic mass is 10.0. The second-order valence-corrected chi connectivity index (χ2v) is 3.30. The minimum atomic E-state index is -0.0526. The topological polar surface area (TPSA) is 29.5 Å². The van der Waals surface area contributed by atoms with E-state index in [0.29, 0.717) is 6.04 Å². The molecule has 1 aliphatic heterocycles. The van der Waals surface area contributed by atoms with Gasteiger partial charge in [0.25, 0.3) is 0 Å². The maximum atomic E-state index is 11.1. The lowest BCUT2D eigenvalue weighted by molar-refractivity contribution is -0.152. The van der Waals surface area contributed by atoms with Crippen molar-refractivity contribution in [2.45, 2.75) is 31.3 Å². The van der Waals surface area contributed by atoms with Crippen molar-refractivity contribution in [2.24, 2.45) is 0 Å². The van der Waals surface area contributed by atoms with Gasteiger partial charge in [-0.05, 0) is 19.3 Å². The molecular weight excluding hydrogens is 142 g/mol. The molecule has 0 aromatic heterocycles. The normalized spacial score (nSPS) is 31.2. The minimum Gasteiger partial charge on any atom is -0.468 e. The molecule has 3 heteroatoms. The van der Waals surface area contributed by atoms with Crippen molar-refractivity contribution < 1.29 is 9.53 Å². The van der Waals surface area contributed by atoms with Crippen LogP contribution in [0.4, 0.5) is 0 Å². The van der Waals surface area contributed by atoms with Crippen molar-refractivity contribution in [3.05, 3.63) is 0 Å². The lowest BCUT2D eigenvalue weighted by Gasteiger charge is -2.38. The standard InChI is InChI=1S/C8H13NO2/c1-11-8(10)7-4-5-9(7)6-2-3-6/h6-7H,2-5H2,1H3/t7-/m0/s1. The predicted octanol–water partition coefficient (Wildman–Crippen LogP) is 0.396. The van der Waals surface area contributed by atoms with Gasteiger partial charge in [-0.25, -0.2) is 0 Å². The number of hydrogen-bond acceptors (Lipinski definition) is 3. The molecule has 1 heterocycles. The Morgan fingerprint density at radius 3 is 2.55 bits per heavy atom. The molecule has 1 aliphatic carbocycles. The van der Waals surface area contributed by atoms with Crippen LogP contribution in [-0.4, -0.2) is 36.6 Å². The molecule has 1 atom stereocenters. The van der Waals surface area contributed by atoms with E-state index in [0.717, 1.165) is 13.0 Å². The highest BCUT2D eigenvalue weighted by Gasteiger charge is 2.43. The molecule has 11 heavy (non-hydrogen) atoms. The van der Waals surface area contributed by atoms with Gasteiger partial charge in [0, 0.05) is 12.6 Å². The number of methoxy groups -OCH3 is 1. The van der Waals surface area contributed by atoms with Crippen LogP contribution in [0.2, 0.25) is 0 Å². The molecular formula is C8H13NO2. The van der Waals surface area contributed by atoms with E-state index in [9.17, 15) is 4.79 Å². The summed E-state index contributed by atoms with van der Waals surface area (Å²) < 4.78 is 4.68. The fourth-order valence-electron chi connectivity index (χ4n) is 1.64. The number of rotatable bonds is 2. The van der Waals surface area contributed by atoms with Gasteiger partial charge in [0.2, 0.25) is 0 Å². The first-order chi connectivity index (χ1) is 5.33. The number of esters is 1. The molecule has 62 valence electrons. The predicted molar refractivity (Wildman–Crippen MR) is 40.1 cm³/mol. The molecule has 0 aromatic carbocycles. The van der Waals surface area contributed by atoms with Crippen molar-refractivity contribution in [1.29, 1.82) is 0 Å². The van der Waals surface area contributed by atoms with Crippen LogP contribution >= 0.6 is 0 Å². The first-order valence-corrected chi connectivity index (χ1v) is 4.16. The van der Waals surface area contributed by atoms with Crippen LogP contribution in [0, 0.1) is 0 Å². The molecule has 0 radical (unpaired) electrons. The van der Waals surface area contributed by atoms with Crippen molar-refractivity contribution >= 4 is 5.97 Å². The van der Waals surface area contributed by atoms with Crippen LogP contribution in [0.15, 0.2) is 0 Å². The maximum Gasteiger partial charge on any atom is 0.323 e. The highest BCUT2D eigenvalue weighted by atomic mass is 16.5. The van der Waals surface area contributed by atoms with Crippen molar-refractivity contribution in [2.75, 3.05) is 13.7 Å². The zero-order valence-electron chi connectivity index (χ0n) is 6.75. The second kappa shape index (κ2) is 2.48. The molecule has 2 rings (SSSR count). The number of hydrogen-bond donors (Lipinski definition) is 0. The van der Waals surface area contributed by atoms with E-state index in [-0.39, 0.29) is 12.0 Å². The van der Waals surface area contributed by atoms with Crippen LogP contribution in [-0.2, 0) is 9.53 Å². The zero-order chi connectivity index (χ0) is 7.84.